The maximum absolute atomic E-state index is 5.22. The number of benzene rings is 7. The van der Waals surface area contributed by atoms with Gasteiger partial charge in [0.2, 0.25) is 0 Å². The first-order valence-corrected chi connectivity index (χ1v) is 19.0. The van der Waals surface area contributed by atoms with Gasteiger partial charge >= 0.3 is 0 Å². The fourth-order valence-corrected chi connectivity index (χ4v) is 8.31. The third kappa shape index (κ3) is 6.24. The van der Waals surface area contributed by atoms with Crippen LogP contribution in [-0.4, -0.2) is 24.9 Å². The van der Waals surface area contributed by atoms with E-state index in [9.17, 15) is 0 Å². The van der Waals surface area contributed by atoms with E-state index in [2.05, 4.69) is 91.0 Å². The second-order valence-corrected chi connectivity index (χ2v) is 14.3. The van der Waals surface area contributed by atoms with Crippen molar-refractivity contribution in [3.05, 3.63) is 188 Å². The highest BCUT2D eigenvalue weighted by molar-refractivity contribution is 7.26. The maximum Gasteiger partial charge on any atom is 0.166 e. The van der Waals surface area contributed by atoms with E-state index in [-0.39, 0.29) is 0 Å². The quantitative estimate of drug-likeness (QED) is 0.164. The number of hydrogen-bond acceptors (Lipinski definition) is 6. The van der Waals surface area contributed by atoms with Gasteiger partial charge in [0.15, 0.2) is 23.3 Å². The number of fused-ring (bicyclic) bond motifs is 3. The molecule has 3 heterocycles. The van der Waals surface area contributed by atoms with Gasteiger partial charge in [0.25, 0.3) is 0 Å². The van der Waals surface area contributed by atoms with Crippen LogP contribution in [0.25, 0.3) is 99.4 Å². The highest BCUT2D eigenvalue weighted by Gasteiger charge is 2.21. The van der Waals surface area contributed by atoms with E-state index < -0.39 is 0 Å². The molecule has 3 aromatic heterocycles. The molecule has 0 bridgehead atoms. The van der Waals surface area contributed by atoms with Crippen LogP contribution in [0.3, 0.4) is 0 Å². The zero-order chi connectivity index (χ0) is 36.6. The lowest BCUT2D eigenvalue weighted by atomic mass is 9.95. The van der Waals surface area contributed by atoms with Gasteiger partial charge in [-0.25, -0.2) is 24.9 Å². The summed E-state index contributed by atoms with van der Waals surface area (Å²) in [4.78, 5) is 25.5. The van der Waals surface area contributed by atoms with Crippen LogP contribution >= 0.6 is 11.3 Å². The Labute approximate surface area is 322 Å². The van der Waals surface area contributed by atoms with E-state index in [1.807, 2.05) is 97.1 Å². The van der Waals surface area contributed by atoms with Crippen LogP contribution < -0.4 is 0 Å². The summed E-state index contributed by atoms with van der Waals surface area (Å²) in [5.74, 6) is 2.60. The molecule has 0 fully saturated rings. The number of hydrogen-bond donors (Lipinski definition) is 0. The highest BCUT2D eigenvalue weighted by atomic mass is 32.1. The van der Waals surface area contributed by atoms with E-state index in [4.69, 9.17) is 24.9 Å². The normalized spacial score (nSPS) is 11.3. The molecule has 0 aliphatic rings. The molecule has 5 nitrogen and oxygen atoms in total. The van der Waals surface area contributed by atoms with Crippen molar-refractivity contribution in [2.24, 2.45) is 0 Å². The summed E-state index contributed by atoms with van der Waals surface area (Å²) in [6.07, 6.45) is 0. The minimum absolute atomic E-state index is 0.635. The van der Waals surface area contributed by atoms with Crippen molar-refractivity contribution in [3.8, 4) is 79.2 Å². The van der Waals surface area contributed by atoms with Gasteiger partial charge in [-0.3, -0.25) is 0 Å². The van der Waals surface area contributed by atoms with Gasteiger partial charge in [0.1, 0.15) is 0 Å². The summed E-state index contributed by atoms with van der Waals surface area (Å²) in [5, 5.41) is 2.40. The third-order valence-electron chi connectivity index (χ3n) is 9.79. The Balaban J connectivity index is 1.16. The third-order valence-corrected chi connectivity index (χ3v) is 11.0. The van der Waals surface area contributed by atoms with Crippen molar-refractivity contribution in [2.75, 3.05) is 0 Å². The molecule has 10 rings (SSSR count). The lowest BCUT2D eigenvalue weighted by molar-refractivity contribution is 1.08. The molecule has 0 aliphatic heterocycles. The molecule has 0 spiro atoms. The van der Waals surface area contributed by atoms with Crippen molar-refractivity contribution in [2.45, 2.75) is 0 Å². The van der Waals surface area contributed by atoms with E-state index >= 15 is 0 Å². The molecule has 0 saturated heterocycles. The summed E-state index contributed by atoms with van der Waals surface area (Å²) < 4.78 is 2.36. The standard InChI is InChI=1S/C49H31N5S/c1-5-15-33(16-6-1)41-31-42(51-46(50-41)35-17-7-2-8-18-35)34-27-25-32(26-28-34)38-29-30-40-39-23-13-14-24-43(39)55-45(40)44(38)49-53-47(36-19-9-3-10-20-36)52-48(54-49)37-21-11-4-12-22-37/h1-31H. The van der Waals surface area contributed by atoms with Crippen LogP contribution in [0.4, 0.5) is 0 Å². The Hall–Kier alpha value is -7.15. The summed E-state index contributed by atoms with van der Waals surface area (Å²) in [6.45, 7) is 0. The average molecular weight is 722 g/mol. The highest BCUT2D eigenvalue weighted by Crippen LogP contribution is 2.45. The number of thiophene rings is 1. The van der Waals surface area contributed by atoms with Gasteiger partial charge in [-0.05, 0) is 23.3 Å². The molecule has 0 radical (unpaired) electrons. The Morgan fingerprint density at radius 2 is 0.745 bits per heavy atom. The van der Waals surface area contributed by atoms with Gasteiger partial charge in [0, 0.05) is 53.6 Å². The fraction of sp³-hybridized carbons (Fsp3) is 0. The molecule has 0 atom stereocenters. The lowest BCUT2D eigenvalue weighted by Crippen LogP contribution is -2.01. The second-order valence-electron chi connectivity index (χ2n) is 13.3. The maximum atomic E-state index is 5.22. The first-order valence-electron chi connectivity index (χ1n) is 18.2. The van der Waals surface area contributed by atoms with E-state index in [0.717, 1.165) is 60.6 Å². The molecule has 0 unspecified atom stereocenters. The number of aromatic nitrogens is 5. The molecule has 0 amide bonds. The predicted octanol–water partition coefficient (Wildman–Crippen LogP) is 12.7. The Bertz CT molecular complexity index is 2830. The zero-order valence-electron chi connectivity index (χ0n) is 29.5. The van der Waals surface area contributed by atoms with Crippen molar-refractivity contribution in [1.82, 2.24) is 24.9 Å². The molecule has 258 valence electrons. The SMILES string of the molecule is c1ccc(-c2cc(-c3ccc(-c4ccc5c(sc6ccccc65)c4-c4nc(-c5ccccc5)nc(-c5ccccc5)n4)cc3)nc(-c3ccccc3)n2)cc1. The monoisotopic (exact) mass is 721 g/mol. The van der Waals surface area contributed by atoms with Gasteiger partial charge in [0.05, 0.1) is 11.4 Å². The first-order chi connectivity index (χ1) is 27.2. The molecule has 6 heteroatoms. The summed E-state index contributed by atoms with van der Waals surface area (Å²) in [7, 11) is 0. The predicted molar refractivity (Wildman–Crippen MR) is 226 cm³/mol. The van der Waals surface area contributed by atoms with E-state index in [1.165, 1.54) is 15.5 Å². The first kappa shape index (κ1) is 32.5. The largest absolute Gasteiger partial charge is 0.228 e. The van der Waals surface area contributed by atoms with Crippen LogP contribution in [-0.2, 0) is 0 Å². The average Bonchev–Trinajstić information content (AvgIpc) is 3.66. The molecule has 55 heavy (non-hydrogen) atoms. The minimum atomic E-state index is 0.635. The molecular formula is C49H31N5S. The lowest BCUT2D eigenvalue weighted by Gasteiger charge is -2.14. The molecule has 10 aromatic rings. The van der Waals surface area contributed by atoms with E-state index in [0.29, 0.717) is 23.3 Å². The number of nitrogens with zero attached hydrogens (tertiary/aromatic N) is 5. The Morgan fingerprint density at radius 3 is 1.31 bits per heavy atom. The zero-order valence-corrected chi connectivity index (χ0v) is 30.4. The van der Waals surface area contributed by atoms with Crippen molar-refractivity contribution in [1.29, 1.82) is 0 Å². The van der Waals surface area contributed by atoms with Crippen LogP contribution in [0.15, 0.2) is 188 Å². The van der Waals surface area contributed by atoms with Crippen molar-refractivity contribution < 1.29 is 0 Å². The van der Waals surface area contributed by atoms with Crippen LogP contribution in [0.2, 0.25) is 0 Å². The Morgan fingerprint density at radius 1 is 0.309 bits per heavy atom. The molecule has 0 saturated carbocycles. The summed E-state index contributed by atoms with van der Waals surface area (Å²) in [5.41, 5.74) is 9.73. The topological polar surface area (TPSA) is 64.5 Å². The molecular weight excluding hydrogens is 691 g/mol. The van der Waals surface area contributed by atoms with Crippen molar-refractivity contribution in [3.63, 3.8) is 0 Å². The van der Waals surface area contributed by atoms with E-state index in [1.54, 1.807) is 11.3 Å². The van der Waals surface area contributed by atoms with Crippen LogP contribution in [0.1, 0.15) is 0 Å². The van der Waals surface area contributed by atoms with Crippen LogP contribution in [0.5, 0.6) is 0 Å². The number of rotatable bonds is 7. The van der Waals surface area contributed by atoms with Gasteiger partial charge < -0.3 is 0 Å². The molecule has 0 aliphatic carbocycles. The smallest absolute Gasteiger partial charge is 0.166 e. The summed E-state index contributed by atoms with van der Waals surface area (Å²) in [6, 6.07) is 64.5. The molecule has 0 N–H and O–H groups in total. The van der Waals surface area contributed by atoms with Crippen LogP contribution in [0, 0.1) is 0 Å². The second kappa shape index (κ2) is 14.0. The fourth-order valence-electron chi connectivity index (χ4n) is 7.06. The van der Waals surface area contributed by atoms with Gasteiger partial charge in [-0.1, -0.05) is 176 Å². The molecule has 7 aromatic carbocycles. The summed E-state index contributed by atoms with van der Waals surface area (Å²) >= 11 is 1.78. The van der Waals surface area contributed by atoms with Gasteiger partial charge in [-0.15, -0.1) is 11.3 Å². The van der Waals surface area contributed by atoms with Crippen molar-refractivity contribution >= 4 is 31.5 Å². The Kier molecular flexibility index (Phi) is 8.28. The minimum Gasteiger partial charge on any atom is -0.228 e. The van der Waals surface area contributed by atoms with Gasteiger partial charge in [-0.2, -0.15) is 0 Å².